The van der Waals surface area contributed by atoms with E-state index in [4.69, 9.17) is 0 Å². The quantitative estimate of drug-likeness (QED) is 0.450. The SMILES string of the molecule is CN1C=C(CCCCI)C(=O)CC1. The molecule has 0 amide bonds. The molecule has 0 aromatic heterocycles. The Balaban J connectivity index is 2.41. The molecule has 0 bridgehead atoms. The number of carbonyl (C=O) groups is 1. The van der Waals surface area contributed by atoms with Crippen molar-refractivity contribution in [1.82, 2.24) is 4.90 Å². The summed E-state index contributed by atoms with van der Waals surface area (Å²) in [5.74, 6) is 0.353. The van der Waals surface area contributed by atoms with Crippen LogP contribution in [0.1, 0.15) is 25.7 Å². The molecular weight excluding hydrogens is 277 g/mol. The number of rotatable bonds is 4. The second-order valence-electron chi connectivity index (χ2n) is 3.45. The lowest BCUT2D eigenvalue weighted by atomic mass is 10.0. The van der Waals surface area contributed by atoms with Crippen LogP contribution in [0.5, 0.6) is 0 Å². The van der Waals surface area contributed by atoms with Gasteiger partial charge in [-0.2, -0.15) is 0 Å². The maximum Gasteiger partial charge on any atom is 0.162 e. The average Bonchev–Trinajstić information content (AvgIpc) is 2.11. The van der Waals surface area contributed by atoms with Crippen molar-refractivity contribution < 1.29 is 4.79 Å². The van der Waals surface area contributed by atoms with Crippen molar-refractivity contribution in [3.05, 3.63) is 11.8 Å². The first-order valence-corrected chi connectivity index (χ1v) is 6.26. The van der Waals surface area contributed by atoms with E-state index >= 15 is 0 Å². The third kappa shape index (κ3) is 3.67. The fraction of sp³-hybridized carbons (Fsp3) is 0.700. The van der Waals surface area contributed by atoms with Crippen molar-refractivity contribution in [2.24, 2.45) is 0 Å². The fourth-order valence-electron chi connectivity index (χ4n) is 1.45. The molecule has 1 aliphatic rings. The first kappa shape index (κ1) is 11.0. The van der Waals surface area contributed by atoms with E-state index in [0.717, 1.165) is 25.0 Å². The number of hydrogen-bond acceptors (Lipinski definition) is 2. The van der Waals surface area contributed by atoms with Gasteiger partial charge in [0.2, 0.25) is 0 Å². The third-order valence-corrected chi connectivity index (χ3v) is 3.02. The molecule has 0 saturated carbocycles. The zero-order valence-corrected chi connectivity index (χ0v) is 10.2. The second kappa shape index (κ2) is 5.62. The van der Waals surface area contributed by atoms with E-state index < -0.39 is 0 Å². The summed E-state index contributed by atoms with van der Waals surface area (Å²) in [6, 6.07) is 0. The van der Waals surface area contributed by atoms with Crippen molar-refractivity contribution >= 4 is 28.4 Å². The Morgan fingerprint density at radius 2 is 2.31 bits per heavy atom. The number of carbonyl (C=O) groups excluding carboxylic acids is 1. The largest absolute Gasteiger partial charge is 0.380 e. The topological polar surface area (TPSA) is 20.3 Å². The molecule has 13 heavy (non-hydrogen) atoms. The van der Waals surface area contributed by atoms with Crippen molar-refractivity contribution in [1.29, 1.82) is 0 Å². The van der Waals surface area contributed by atoms with Crippen LogP contribution < -0.4 is 0 Å². The molecule has 1 aliphatic heterocycles. The maximum absolute atomic E-state index is 11.4. The van der Waals surface area contributed by atoms with E-state index in [1.165, 1.54) is 10.8 Å². The van der Waals surface area contributed by atoms with Crippen LogP contribution >= 0.6 is 22.6 Å². The zero-order chi connectivity index (χ0) is 9.68. The highest BCUT2D eigenvalue weighted by atomic mass is 127. The van der Waals surface area contributed by atoms with Crippen LogP contribution in [-0.4, -0.2) is 28.7 Å². The molecule has 0 unspecified atom stereocenters. The Hall–Kier alpha value is -0.0600. The predicted molar refractivity (Wildman–Crippen MR) is 63.1 cm³/mol. The number of ketones is 1. The summed E-state index contributed by atoms with van der Waals surface area (Å²) in [5.41, 5.74) is 1.03. The van der Waals surface area contributed by atoms with Gasteiger partial charge >= 0.3 is 0 Å². The van der Waals surface area contributed by atoms with Crippen molar-refractivity contribution in [2.75, 3.05) is 18.0 Å². The van der Waals surface area contributed by atoms with Crippen molar-refractivity contribution in [2.45, 2.75) is 25.7 Å². The number of alkyl halides is 1. The summed E-state index contributed by atoms with van der Waals surface area (Å²) in [6.45, 7) is 0.884. The van der Waals surface area contributed by atoms with Gasteiger partial charge < -0.3 is 4.90 Å². The van der Waals surface area contributed by atoms with Crippen molar-refractivity contribution in [3.63, 3.8) is 0 Å². The molecule has 0 radical (unpaired) electrons. The lowest BCUT2D eigenvalue weighted by molar-refractivity contribution is -0.116. The van der Waals surface area contributed by atoms with Crippen molar-refractivity contribution in [3.8, 4) is 0 Å². The summed E-state index contributed by atoms with van der Waals surface area (Å²) in [6.07, 6.45) is 6.04. The van der Waals surface area contributed by atoms with E-state index in [1.54, 1.807) is 0 Å². The number of halogens is 1. The molecule has 3 heteroatoms. The average molecular weight is 293 g/mol. The molecule has 0 atom stereocenters. The standard InChI is InChI=1S/C10H16INO/c1-12-7-5-10(13)9(8-12)4-2-3-6-11/h8H,2-7H2,1H3. The maximum atomic E-state index is 11.4. The molecule has 0 aliphatic carbocycles. The van der Waals surface area contributed by atoms with E-state index in [1.807, 2.05) is 13.2 Å². The molecule has 1 heterocycles. The number of nitrogens with zero attached hydrogens (tertiary/aromatic N) is 1. The Bertz CT molecular complexity index is 213. The number of unbranched alkanes of at least 4 members (excludes halogenated alkanes) is 1. The van der Waals surface area contributed by atoms with Crippen LogP contribution in [0.3, 0.4) is 0 Å². The van der Waals surface area contributed by atoms with E-state index in [0.29, 0.717) is 12.2 Å². The zero-order valence-electron chi connectivity index (χ0n) is 8.05. The summed E-state index contributed by atoms with van der Waals surface area (Å²) < 4.78 is 1.19. The normalized spacial score (nSPS) is 17.5. The molecule has 0 aromatic carbocycles. The summed E-state index contributed by atoms with van der Waals surface area (Å²) in [4.78, 5) is 13.5. The van der Waals surface area contributed by atoms with Gasteiger partial charge in [-0.05, 0) is 23.7 Å². The van der Waals surface area contributed by atoms with Gasteiger partial charge in [0.15, 0.2) is 5.78 Å². The lowest BCUT2D eigenvalue weighted by Gasteiger charge is -2.21. The van der Waals surface area contributed by atoms with E-state index in [-0.39, 0.29) is 0 Å². The van der Waals surface area contributed by atoms with E-state index in [2.05, 4.69) is 27.5 Å². The third-order valence-electron chi connectivity index (χ3n) is 2.26. The minimum Gasteiger partial charge on any atom is -0.380 e. The molecule has 74 valence electrons. The highest BCUT2D eigenvalue weighted by molar-refractivity contribution is 14.1. The van der Waals surface area contributed by atoms with Gasteiger partial charge in [0, 0.05) is 31.8 Å². The van der Waals surface area contributed by atoms with Gasteiger partial charge in [-0.1, -0.05) is 22.6 Å². The van der Waals surface area contributed by atoms with Crippen LogP contribution in [0.25, 0.3) is 0 Å². The first-order chi connectivity index (χ1) is 6.24. The lowest BCUT2D eigenvalue weighted by Crippen LogP contribution is -2.24. The summed E-state index contributed by atoms with van der Waals surface area (Å²) in [7, 11) is 2.03. The van der Waals surface area contributed by atoms with Gasteiger partial charge in [0.1, 0.15) is 0 Å². The van der Waals surface area contributed by atoms with Gasteiger partial charge in [-0.25, -0.2) is 0 Å². The van der Waals surface area contributed by atoms with Gasteiger partial charge in [0.05, 0.1) is 0 Å². The Morgan fingerprint density at radius 3 is 3.00 bits per heavy atom. The molecule has 0 aromatic rings. The summed E-state index contributed by atoms with van der Waals surface area (Å²) in [5, 5.41) is 0. The van der Waals surface area contributed by atoms with Crippen LogP contribution in [0, 0.1) is 0 Å². The van der Waals surface area contributed by atoms with E-state index in [9.17, 15) is 4.79 Å². The molecule has 0 saturated heterocycles. The highest BCUT2D eigenvalue weighted by Gasteiger charge is 2.15. The number of hydrogen-bond donors (Lipinski definition) is 0. The molecule has 0 fully saturated rings. The van der Waals surface area contributed by atoms with Crippen LogP contribution in [-0.2, 0) is 4.79 Å². The fourth-order valence-corrected chi connectivity index (χ4v) is 1.99. The Kier molecular flexibility index (Phi) is 4.77. The van der Waals surface area contributed by atoms with Crippen LogP contribution in [0.2, 0.25) is 0 Å². The minimum absolute atomic E-state index is 0.353. The molecule has 0 N–H and O–H groups in total. The first-order valence-electron chi connectivity index (χ1n) is 4.74. The Morgan fingerprint density at radius 1 is 1.54 bits per heavy atom. The van der Waals surface area contributed by atoms with Gasteiger partial charge in [0.25, 0.3) is 0 Å². The van der Waals surface area contributed by atoms with Gasteiger partial charge in [-0.15, -0.1) is 0 Å². The monoisotopic (exact) mass is 293 g/mol. The highest BCUT2D eigenvalue weighted by Crippen LogP contribution is 2.16. The predicted octanol–water partition coefficient (Wildman–Crippen LogP) is 2.38. The number of Topliss-reactive ketones (excluding diaryl/α,β-unsaturated/α-hetero) is 1. The Labute approximate surface area is 93.5 Å². The minimum atomic E-state index is 0.353. The molecule has 0 spiro atoms. The second-order valence-corrected chi connectivity index (χ2v) is 4.53. The summed E-state index contributed by atoms with van der Waals surface area (Å²) >= 11 is 2.38. The molecular formula is C10H16INO. The number of allylic oxidation sites excluding steroid dienone is 1. The molecule has 1 rings (SSSR count). The smallest absolute Gasteiger partial charge is 0.162 e. The van der Waals surface area contributed by atoms with Gasteiger partial charge in [-0.3, -0.25) is 4.79 Å². The molecule has 2 nitrogen and oxygen atoms in total. The van der Waals surface area contributed by atoms with Crippen LogP contribution in [0.4, 0.5) is 0 Å². The van der Waals surface area contributed by atoms with Crippen LogP contribution in [0.15, 0.2) is 11.8 Å².